The van der Waals surface area contributed by atoms with Crippen LogP contribution < -0.4 is 5.32 Å². The number of thiophene rings is 1. The molecule has 1 atom stereocenters. The quantitative estimate of drug-likeness (QED) is 0.889. The van der Waals surface area contributed by atoms with Crippen LogP contribution in [0.15, 0.2) is 20.6 Å². The Kier molecular flexibility index (Phi) is 4.73. The lowest BCUT2D eigenvalue weighted by molar-refractivity contribution is 0.544. The predicted molar refractivity (Wildman–Crippen MR) is 79.0 cm³/mol. The Hall–Kier alpha value is -0.230. The fourth-order valence-electron chi connectivity index (χ4n) is 1.79. The molecule has 2 heterocycles. The molecule has 0 aliphatic rings. The van der Waals surface area contributed by atoms with Gasteiger partial charge >= 0.3 is 0 Å². The molecule has 5 heteroatoms. The first-order chi connectivity index (χ1) is 8.20. The highest BCUT2D eigenvalue weighted by atomic mass is 79.9. The van der Waals surface area contributed by atoms with E-state index in [1.54, 1.807) is 22.7 Å². The van der Waals surface area contributed by atoms with E-state index in [2.05, 4.69) is 56.2 Å². The van der Waals surface area contributed by atoms with Gasteiger partial charge in [-0.25, -0.2) is 4.98 Å². The number of aromatic nitrogens is 1. The standard InChI is InChI=1S/C12H15BrN2S2/c1-3-14-12(10-6-16-7-11(10)13)4-9-5-17-8(2)15-9/h5-7,12,14H,3-4H2,1-2H3. The molecule has 0 aromatic carbocycles. The van der Waals surface area contributed by atoms with E-state index in [4.69, 9.17) is 0 Å². The molecule has 92 valence electrons. The molecular weight excluding hydrogens is 316 g/mol. The molecular formula is C12H15BrN2S2. The van der Waals surface area contributed by atoms with Gasteiger partial charge in [-0.2, -0.15) is 11.3 Å². The van der Waals surface area contributed by atoms with Crippen LogP contribution in [-0.2, 0) is 6.42 Å². The van der Waals surface area contributed by atoms with E-state index in [9.17, 15) is 0 Å². The Morgan fingerprint density at radius 3 is 2.76 bits per heavy atom. The lowest BCUT2D eigenvalue weighted by atomic mass is 10.1. The van der Waals surface area contributed by atoms with Crippen molar-refractivity contribution in [1.82, 2.24) is 10.3 Å². The second-order valence-electron chi connectivity index (χ2n) is 3.85. The van der Waals surface area contributed by atoms with Crippen molar-refractivity contribution >= 4 is 38.6 Å². The molecule has 0 spiro atoms. The molecule has 2 nitrogen and oxygen atoms in total. The predicted octanol–water partition coefficient (Wildman–Crippen LogP) is 4.17. The van der Waals surface area contributed by atoms with E-state index in [-0.39, 0.29) is 0 Å². The number of nitrogens with zero attached hydrogens (tertiary/aromatic N) is 1. The van der Waals surface area contributed by atoms with Gasteiger partial charge in [0, 0.05) is 27.7 Å². The van der Waals surface area contributed by atoms with Crippen molar-refractivity contribution in [3.8, 4) is 0 Å². The van der Waals surface area contributed by atoms with Crippen molar-refractivity contribution in [2.75, 3.05) is 6.54 Å². The Bertz CT molecular complexity index is 478. The third-order valence-corrected chi connectivity index (χ3v) is 5.12. The molecule has 17 heavy (non-hydrogen) atoms. The Labute approximate surface area is 118 Å². The van der Waals surface area contributed by atoms with E-state index >= 15 is 0 Å². The van der Waals surface area contributed by atoms with Crippen LogP contribution in [-0.4, -0.2) is 11.5 Å². The first kappa shape index (κ1) is 13.2. The smallest absolute Gasteiger partial charge is 0.0897 e. The van der Waals surface area contributed by atoms with Crippen LogP contribution in [0.1, 0.15) is 29.2 Å². The molecule has 2 rings (SSSR count). The molecule has 2 aromatic heterocycles. The van der Waals surface area contributed by atoms with Gasteiger partial charge in [0.15, 0.2) is 0 Å². The van der Waals surface area contributed by atoms with Gasteiger partial charge in [0.05, 0.1) is 10.7 Å². The number of hydrogen-bond acceptors (Lipinski definition) is 4. The summed E-state index contributed by atoms with van der Waals surface area (Å²) in [7, 11) is 0. The highest BCUT2D eigenvalue weighted by molar-refractivity contribution is 9.10. The maximum atomic E-state index is 4.54. The highest BCUT2D eigenvalue weighted by Crippen LogP contribution is 2.29. The van der Waals surface area contributed by atoms with Crippen LogP contribution in [0.4, 0.5) is 0 Å². The third-order valence-electron chi connectivity index (χ3n) is 2.55. The SMILES string of the molecule is CCNC(Cc1csc(C)n1)c1cscc1Br. The molecule has 1 N–H and O–H groups in total. The van der Waals surface area contributed by atoms with E-state index in [0.717, 1.165) is 18.0 Å². The first-order valence-electron chi connectivity index (χ1n) is 5.56. The second kappa shape index (κ2) is 6.09. The normalized spacial score (nSPS) is 12.9. The van der Waals surface area contributed by atoms with Gasteiger partial charge in [-0.15, -0.1) is 11.3 Å². The summed E-state index contributed by atoms with van der Waals surface area (Å²) >= 11 is 7.06. The van der Waals surface area contributed by atoms with Gasteiger partial charge in [-0.3, -0.25) is 0 Å². The van der Waals surface area contributed by atoms with Gasteiger partial charge in [-0.05, 0) is 40.3 Å². The number of halogens is 1. The Morgan fingerprint density at radius 2 is 2.24 bits per heavy atom. The van der Waals surface area contributed by atoms with Crippen molar-refractivity contribution in [3.63, 3.8) is 0 Å². The summed E-state index contributed by atoms with van der Waals surface area (Å²) in [5.74, 6) is 0. The number of thiazole rings is 1. The van der Waals surface area contributed by atoms with Crippen LogP contribution in [0.25, 0.3) is 0 Å². The first-order valence-corrected chi connectivity index (χ1v) is 8.18. The Morgan fingerprint density at radius 1 is 1.41 bits per heavy atom. The van der Waals surface area contributed by atoms with Gasteiger partial charge in [0.25, 0.3) is 0 Å². The minimum atomic E-state index is 0.349. The molecule has 0 aliphatic heterocycles. The molecule has 0 saturated carbocycles. The summed E-state index contributed by atoms with van der Waals surface area (Å²) < 4.78 is 1.19. The van der Waals surface area contributed by atoms with E-state index in [0.29, 0.717) is 6.04 Å². The number of rotatable bonds is 5. The number of hydrogen-bond donors (Lipinski definition) is 1. The summed E-state index contributed by atoms with van der Waals surface area (Å²) in [5, 5.41) is 11.2. The number of aryl methyl sites for hydroxylation is 1. The zero-order valence-corrected chi connectivity index (χ0v) is 13.1. The van der Waals surface area contributed by atoms with Crippen molar-refractivity contribution in [1.29, 1.82) is 0 Å². The lowest BCUT2D eigenvalue weighted by Crippen LogP contribution is -2.22. The second-order valence-corrected chi connectivity index (χ2v) is 6.51. The van der Waals surface area contributed by atoms with Crippen LogP contribution in [0, 0.1) is 6.92 Å². The van der Waals surface area contributed by atoms with Gasteiger partial charge in [-0.1, -0.05) is 6.92 Å². The van der Waals surface area contributed by atoms with Crippen molar-refractivity contribution in [2.24, 2.45) is 0 Å². The monoisotopic (exact) mass is 330 g/mol. The molecule has 2 aromatic rings. The number of nitrogens with one attached hydrogen (secondary N) is 1. The molecule has 1 unspecified atom stereocenters. The average molecular weight is 331 g/mol. The van der Waals surface area contributed by atoms with Gasteiger partial charge < -0.3 is 5.32 Å². The topological polar surface area (TPSA) is 24.9 Å². The summed E-state index contributed by atoms with van der Waals surface area (Å²) in [6.07, 6.45) is 0.952. The molecule has 0 amide bonds. The minimum absolute atomic E-state index is 0.349. The van der Waals surface area contributed by atoms with E-state index in [1.165, 1.54) is 15.7 Å². The molecule has 0 saturated heterocycles. The van der Waals surface area contributed by atoms with E-state index < -0.39 is 0 Å². The fourth-order valence-corrected chi connectivity index (χ4v) is 4.04. The molecule has 0 bridgehead atoms. The van der Waals surface area contributed by atoms with Crippen molar-refractivity contribution in [2.45, 2.75) is 26.3 Å². The summed E-state index contributed by atoms with van der Waals surface area (Å²) in [5.41, 5.74) is 2.51. The molecule has 0 radical (unpaired) electrons. The summed E-state index contributed by atoms with van der Waals surface area (Å²) in [6.45, 7) is 5.16. The van der Waals surface area contributed by atoms with Crippen LogP contribution in [0.3, 0.4) is 0 Å². The van der Waals surface area contributed by atoms with Crippen molar-refractivity contribution in [3.05, 3.63) is 36.9 Å². The molecule has 0 fully saturated rings. The van der Waals surface area contributed by atoms with Gasteiger partial charge in [0.1, 0.15) is 0 Å². The highest BCUT2D eigenvalue weighted by Gasteiger charge is 2.16. The van der Waals surface area contributed by atoms with E-state index in [1.807, 2.05) is 0 Å². The fraction of sp³-hybridized carbons (Fsp3) is 0.417. The largest absolute Gasteiger partial charge is 0.310 e. The third kappa shape index (κ3) is 3.37. The van der Waals surface area contributed by atoms with Crippen LogP contribution >= 0.6 is 38.6 Å². The average Bonchev–Trinajstić information content (AvgIpc) is 2.87. The zero-order chi connectivity index (χ0) is 12.3. The van der Waals surface area contributed by atoms with Crippen LogP contribution in [0.5, 0.6) is 0 Å². The number of likely N-dealkylation sites (N-methyl/N-ethyl adjacent to an activating group) is 1. The Balaban J connectivity index is 2.15. The zero-order valence-electron chi connectivity index (χ0n) is 9.87. The lowest BCUT2D eigenvalue weighted by Gasteiger charge is -2.16. The minimum Gasteiger partial charge on any atom is -0.310 e. The molecule has 0 aliphatic carbocycles. The van der Waals surface area contributed by atoms with Gasteiger partial charge in [0.2, 0.25) is 0 Å². The summed E-state index contributed by atoms with van der Waals surface area (Å²) in [6, 6.07) is 0.349. The maximum Gasteiger partial charge on any atom is 0.0897 e. The maximum absolute atomic E-state index is 4.54. The van der Waals surface area contributed by atoms with Crippen molar-refractivity contribution < 1.29 is 0 Å². The van der Waals surface area contributed by atoms with Crippen LogP contribution in [0.2, 0.25) is 0 Å². The summed E-state index contributed by atoms with van der Waals surface area (Å²) in [4.78, 5) is 4.54.